The summed E-state index contributed by atoms with van der Waals surface area (Å²) >= 11 is 0. The van der Waals surface area contributed by atoms with Gasteiger partial charge in [-0.05, 0) is 36.6 Å². The lowest BCUT2D eigenvalue weighted by molar-refractivity contribution is 0.0982. The van der Waals surface area contributed by atoms with Crippen molar-refractivity contribution in [3.8, 4) is 0 Å². The molecule has 5 heteroatoms. The van der Waals surface area contributed by atoms with Gasteiger partial charge in [0.05, 0.1) is 11.4 Å². The van der Waals surface area contributed by atoms with Crippen LogP contribution in [-0.4, -0.2) is 30.5 Å². The minimum absolute atomic E-state index is 0.175. The molecule has 1 amide bonds. The average Bonchev–Trinajstić information content (AvgIpc) is 2.66. The van der Waals surface area contributed by atoms with Crippen molar-refractivity contribution in [3.05, 3.63) is 70.6 Å². The van der Waals surface area contributed by atoms with E-state index in [-0.39, 0.29) is 11.5 Å². The molecule has 0 radical (unpaired) electrons. The van der Waals surface area contributed by atoms with Crippen LogP contribution in [-0.2, 0) is 0 Å². The van der Waals surface area contributed by atoms with Crippen LogP contribution in [0.15, 0.2) is 59.4 Å². The molecule has 2 heterocycles. The van der Waals surface area contributed by atoms with Crippen molar-refractivity contribution in [2.75, 3.05) is 29.4 Å². The maximum Gasteiger partial charge on any atom is 0.274 e. The molecule has 0 bridgehead atoms. The van der Waals surface area contributed by atoms with Crippen LogP contribution in [0, 0.1) is 0 Å². The number of hydrogen-bond acceptors (Lipinski definition) is 3. The zero-order chi connectivity index (χ0) is 17.4. The van der Waals surface area contributed by atoms with Crippen molar-refractivity contribution in [1.29, 1.82) is 0 Å². The third-order valence-corrected chi connectivity index (χ3v) is 4.72. The number of rotatable bonds is 2. The fraction of sp³-hybridized carbons (Fsp3) is 0.200. The standard InChI is InChI=1S/C20H19N3O2/c1-2-22-11-12-23(18-10-6-5-9-17(18)22)20(25)16-13-14-7-3-4-8-15(14)19(24)21-16/h3-10,13H,2,11-12H2,1H3,(H,21,24). The Labute approximate surface area is 145 Å². The summed E-state index contributed by atoms with van der Waals surface area (Å²) in [7, 11) is 0. The number of nitrogens with zero attached hydrogens (tertiary/aromatic N) is 2. The number of carbonyl (C=O) groups is 1. The molecule has 0 saturated heterocycles. The molecule has 1 N–H and O–H groups in total. The Morgan fingerprint density at radius 1 is 1.04 bits per heavy atom. The molecule has 1 aliphatic heterocycles. The molecular formula is C20H19N3O2. The van der Waals surface area contributed by atoms with Gasteiger partial charge in [-0.25, -0.2) is 0 Å². The molecule has 0 spiro atoms. The van der Waals surface area contributed by atoms with Crippen molar-refractivity contribution >= 4 is 28.1 Å². The minimum atomic E-state index is -0.234. The fourth-order valence-corrected chi connectivity index (χ4v) is 3.43. The molecule has 4 rings (SSSR count). The quantitative estimate of drug-likeness (QED) is 0.784. The highest BCUT2D eigenvalue weighted by Crippen LogP contribution is 2.33. The number of aromatic nitrogens is 1. The first kappa shape index (κ1) is 15.4. The Bertz CT molecular complexity index is 1010. The van der Waals surface area contributed by atoms with Crippen molar-refractivity contribution in [2.24, 2.45) is 0 Å². The third-order valence-electron chi connectivity index (χ3n) is 4.72. The van der Waals surface area contributed by atoms with Crippen molar-refractivity contribution < 1.29 is 4.79 Å². The molecule has 0 saturated carbocycles. The van der Waals surface area contributed by atoms with E-state index in [1.807, 2.05) is 42.5 Å². The number of para-hydroxylation sites is 2. The van der Waals surface area contributed by atoms with Gasteiger partial charge < -0.3 is 14.8 Å². The smallest absolute Gasteiger partial charge is 0.274 e. The first-order chi connectivity index (χ1) is 12.2. The van der Waals surface area contributed by atoms with Crippen LogP contribution in [0.3, 0.4) is 0 Å². The van der Waals surface area contributed by atoms with Gasteiger partial charge in [-0.2, -0.15) is 0 Å². The molecule has 2 aromatic carbocycles. The molecule has 1 aromatic heterocycles. The van der Waals surface area contributed by atoms with Gasteiger partial charge in [-0.15, -0.1) is 0 Å². The van der Waals surface area contributed by atoms with Gasteiger partial charge in [0, 0.05) is 25.0 Å². The van der Waals surface area contributed by atoms with Crippen LogP contribution in [0.1, 0.15) is 17.4 Å². The summed E-state index contributed by atoms with van der Waals surface area (Å²) in [6.45, 7) is 4.37. The topological polar surface area (TPSA) is 56.4 Å². The Morgan fingerprint density at radius 3 is 2.56 bits per heavy atom. The highest BCUT2D eigenvalue weighted by Gasteiger charge is 2.27. The van der Waals surface area contributed by atoms with Crippen LogP contribution in [0.4, 0.5) is 11.4 Å². The van der Waals surface area contributed by atoms with Gasteiger partial charge >= 0.3 is 0 Å². The monoisotopic (exact) mass is 333 g/mol. The number of aromatic amines is 1. The van der Waals surface area contributed by atoms with E-state index in [4.69, 9.17) is 0 Å². The number of pyridine rings is 1. The summed E-state index contributed by atoms with van der Waals surface area (Å²) in [5.74, 6) is -0.175. The molecule has 3 aromatic rings. The number of benzene rings is 2. The summed E-state index contributed by atoms with van der Waals surface area (Å²) in [6.07, 6.45) is 0. The lowest BCUT2D eigenvalue weighted by Gasteiger charge is -2.37. The Morgan fingerprint density at radius 2 is 1.76 bits per heavy atom. The number of hydrogen-bond donors (Lipinski definition) is 1. The molecule has 126 valence electrons. The number of nitrogens with one attached hydrogen (secondary N) is 1. The van der Waals surface area contributed by atoms with Crippen LogP contribution >= 0.6 is 0 Å². The van der Waals surface area contributed by atoms with Crippen LogP contribution in [0.25, 0.3) is 10.8 Å². The number of anilines is 2. The van der Waals surface area contributed by atoms with Gasteiger partial charge in [-0.3, -0.25) is 9.59 Å². The molecule has 0 atom stereocenters. The van der Waals surface area contributed by atoms with Gasteiger partial charge in [0.1, 0.15) is 5.69 Å². The predicted molar refractivity (Wildman–Crippen MR) is 101 cm³/mol. The lowest BCUT2D eigenvalue weighted by atomic mass is 10.1. The second-order valence-corrected chi connectivity index (χ2v) is 6.12. The van der Waals surface area contributed by atoms with E-state index in [0.29, 0.717) is 17.6 Å². The molecule has 25 heavy (non-hydrogen) atoms. The van der Waals surface area contributed by atoms with Crippen LogP contribution in [0.5, 0.6) is 0 Å². The van der Waals surface area contributed by atoms with E-state index in [0.717, 1.165) is 29.9 Å². The number of likely N-dealkylation sites (N-methyl/N-ethyl adjacent to an activating group) is 1. The predicted octanol–water partition coefficient (Wildman–Crippen LogP) is 3.01. The van der Waals surface area contributed by atoms with E-state index >= 15 is 0 Å². The van der Waals surface area contributed by atoms with E-state index in [9.17, 15) is 9.59 Å². The van der Waals surface area contributed by atoms with Crippen LogP contribution in [0.2, 0.25) is 0 Å². The van der Waals surface area contributed by atoms with E-state index in [1.54, 1.807) is 17.0 Å². The average molecular weight is 333 g/mol. The van der Waals surface area contributed by atoms with Gasteiger partial charge in [-0.1, -0.05) is 30.3 Å². The van der Waals surface area contributed by atoms with Crippen molar-refractivity contribution in [1.82, 2.24) is 4.98 Å². The maximum absolute atomic E-state index is 13.1. The third kappa shape index (κ3) is 2.58. The highest BCUT2D eigenvalue weighted by atomic mass is 16.2. The largest absolute Gasteiger partial charge is 0.368 e. The van der Waals surface area contributed by atoms with E-state index in [1.165, 1.54) is 0 Å². The Kier molecular flexibility index (Phi) is 3.76. The summed E-state index contributed by atoms with van der Waals surface area (Å²) in [5.41, 5.74) is 2.02. The minimum Gasteiger partial charge on any atom is -0.368 e. The summed E-state index contributed by atoms with van der Waals surface area (Å²) in [5, 5.41) is 1.37. The molecule has 0 aliphatic carbocycles. The zero-order valence-electron chi connectivity index (χ0n) is 14.0. The fourth-order valence-electron chi connectivity index (χ4n) is 3.43. The normalized spacial score (nSPS) is 13.8. The summed E-state index contributed by atoms with van der Waals surface area (Å²) < 4.78 is 0. The first-order valence-corrected chi connectivity index (χ1v) is 8.47. The SMILES string of the molecule is CCN1CCN(C(=O)c2cc3ccccc3c(=O)[nH]2)c2ccccc21. The zero-order valence-corrected chi connectivity index (χ0v) is 14.0. The van der Waals surface area contributed by atoms with E-state index < -0.39 is 0 Å². The lowest BCUT2D eigenvalue weighted by Crippen LogP contribution is -2.44. The second kappa shape index (κ2) is 6.09. The molecular weight excluding hydrogens is 314 g/mol. The van der Waals surface area contributed by atoms with Gasteiger partial charge in [0.15, 0.2) is 0 Å². The van der Waals surface area contributed by atoms with Crippen molar-refractivity contribution in [3.63, 3.8) is 0 Å². The van der Waals surface area contributed by atoms with E-state index in [2.05, 4.69) is 16.8 Å². The van der Waals surface area contributed by atoms with Gasteiger partial charge in [0.2, 0.25) is 0 Å². The first-order valence-electron chi connectivity index (χ1n) is 8.47. The molecule has 0 unspecified atom stereocenters. The Hall–Kier alpha value is -3.08. The summed E-state index contributed by atoms with van der Waals surface area (Å²) in [6, 6.07) is 16.9. The molecule has 1 aliphatic rings. The highest BCUT2D eigenvalue weighted by molar-refractivity contribution is 6.08. The summed E-state index contributed by atoms with van der Waals surface area (Å²) in [4.78, 5) is 32.1. The Balaban J connectivity index is 1.78. The molecule has 5 nitrogen and oxygen atoms in total. The van der Waals surface area contributed by atoms with Crippen LogP contribution < -0.4 is 15.4 Å². The van der Waals surface area contributed by atoms with Gasteiger partial charge in [0.25, 0.3) is 11.5 Å². The maximum atomic E-state index is 13.1. The molecule has 0 fully saturated rings. The number of fused-ring (bicyclic) bond motifs is 2. The van der Waals surface area contributed by atoms with Crippen molar-refractivity contribution in [2.45, 2.75) is 6.92 Å². The number of carbonyl (C=O) groups excluding carboxylic acids is 1. The number of amides is 1. The second-order valence-electron chi connectivity index (χ2n) is 6.12. The number of H-pyrrole nitrogens is 1.